The Labute approximate surface area is 191 Å². The summed E-state index contributed by atoms with van der Waals surface area (Å²) in [5.74, 6) is 0. The molecule has 1 saturated heterocycles. The van der Waals surface area contributed by atoms with Crippen molar-refractivity contribution < 1.29 is 0 Å². The molecule has 3 heteroatoms. The first-order chi connectivity index (χ1) is 15.8. The molecule has 1 N–H and O–H groups in total. The van der Waals surface area contributed by atoms with Gasteiger partial charge in [-0.15, -0.1) is 0 Å². The highest BCUT2D eigenvalue weighted by Crippen LogP contribution is 2.30. The van der Waals surface area contributed by atoms with Gasteiger partial charge in [-0.2, -0.15) is 0 Å². The first-order valence-corrected chi connectivity index (χ1v) is 11.9. The summed E-state index contributed by atoms with van der Waals surface area (Å²) in [5.41, 5.74) is 6.81. The van der Waals surface area contributed by atoms with E-state index in [1.165, 1.54) is 46.1 Å². The van der Waals surface area contributed by atoms with Gasteiger partial charge < -0.3 is 9.88 Å². The zero-order chi connectivity index (χ0) is 21.8. The minimum absolute atomic E-state index is 0.338. The summed E-state index contributed by atoms with van der Waals surface area (Å²) in [5, 5.41) is 1.38. The number of aryl methyl sites for hydroxylation is 2. The third kappa shape index (κ3) is 4.64. The van der Waals surface area contributed by atoms with Gasteiger partial charge in [0.05, 0.1) is 6.04 Å². The van der Waals surface area contributed by atoms with E-state index in [2.05, 4.69) is 107 Å². The molecule has 3 nitrogen and oxygen atoms in total. The number of hydrogen-bond donors (Lipinski definition) is 1. The van der Waals surface area contributed by atoms with Crippen LogP contribution >= 0.6 is 0 Å². The molecule has 3 aromatic carbocycles. The number of rotatable bonds is 7. The predicted molar refractivity (Wildman–Crippen MR) is 134 cm³/mol. The summed E-state index contributed by atoms with van der Waals surface area (Å²) >= 11 is 0. The molecule has 0 aliphatic carbocycles. The first kappa shape index (κ1) is 21.0. The first-order valence-electron chi connectivity index (χ1n) is 11.9. The van der Waals surface area contributed by atoms with Crippen LogP contribution in [0.15, 0.2) is 85.1 Å². The number of nitrogens with zero attached hydrogens (tertiary/aromatic N) is 2. The monoisotopic (exact) mass is 423 g/mol. The van der Waals surface area contributed by atoms with E-state index < -0.39 is 0 Å². The number of aromatic nitrogens is 1. The number of para-hydroxylation sites is 1. The fourth-order valence-corrected chi connectivity index (χ4v) is 5.07. The molecule has 1 aliphatic rings. The third-order valence-electron chi connectivity index (χ3n) is 6.88. The average Bonchev–Trinajstić information content (AvgIpc) is 3.25. The Kier molecular flexibility index (Phi) is 6.38. The Hall–Kier alpha value is -2.88. The van der Waals surface area contributed by atoms with E-state index in [-0.39, 0.29) is 0 Å². The van der Waals surface area contributed by atoms with Gasteiger partial charge in [0.15, 0.2) is 0 Å². The van der Waals surface area contributed by atoms with Gasteiger partial charge in [-0.05, 0) is 49.1 Å². The highest BCUT2D eigenvalue weighted by molar-refractivity contribution is 5.82. The minimum atomic E-state index is 0.338. The maximum atomic E-state index is 3.41. The van der Waals surface area contributed by atoms with Crippen molar-refractivity contribution in [2.24, 2.45) is 0 Å². The normalized spacial score (nSPS) is 16.4. The van der Waals surface area contributed by atoms with Gasteiger partial charge in [-0.3, -0.25) is 4.90 Å². The van der Waals surface area contributed by atoms with Crippen molar-refractivity contribution in [3.05, 3.63) is 107 Å². The number of H-pyrrole nitrogens is 1. The highest BCUT2D eigenvalue weighted by atomic mass is 15.3. The van der Waals surface area contributed by atoms with E-state index in [4.69, 9.17) is 0 Å². The second-order valence-electron chi connectivity index (χ2n) is 9.06. The van der Waals surface area contributed by atoms with Crippen LogP contribution < -0.4 is 0 Å². The molecule has 1 atom stereocenters. The summed E-state index contributed by atoms with van der Waals surface area (Å²) in [4.78, 5) is 8.71. The highest BCUT2D eigenvalue weighted by Gasteiger charge is 2.26. The second kappa shape index (κ2) is 9.72. The largest absolute Gasteiger partial charge is 0.361 e. The molecule has 0 saturated carbocycles. The fraction of sp³-hybridized carbons (Fsp3) is 0.310. The van der Waals surface area contributed by atoms with Gasteiger partial charge >= 0.3 is 0 Å². The molecule has 1 fully saturated rings. The van der Waals surface area contributed by atoms with Crippen LogP contribution in [0.4, 0.5) is 0 Å². The lowest BCUT2D eigenvalue weighted by Crippen LogP contribution is -2.48. The second-order valence-corrected chi connectivity index (χ2v) is 9.06. The van der Waals surface area contributed by atoms with E-state index in [1.807, 2.05) is 0 Å². The molecular formula is C29H33N3. The molecule has 0 radical (unpaired) electrons. The standard InChI is InChI=1S/C29H33N3/c1-23-13-15-25(16-14-23)29(24-8-3-2-4-9-24)32-20-18-31(19-21-32)17-7-10-26-22-30-28-12-6-5-11-27(26)28/h2-6,8-9,11-16,22,29-30H,7,10,17-21H2,1H3. The summed E-state index contributed by atoms with van der Waals surface area (Å²) in [6.45, 7) is 7.84. The lowest BCUT2D eigenvalue weighted by Gasteiger charge is -2.40. The van der Waals surface area contributed by atoms with Crippen molar-refractivity contribution in [2.45, 2.75) is 25.8 Å². The van der Waals surface area contributed by atoms with Crippen LogP contribution in [-0.4, -0.2) is 47.5 Å². The molecule has 32 heavy (non-hydrogen) atoms. The molecule has 1 unspecified atom stereocenters. The van der Waals surface area contributed by atoms with Crippen molar-refractivity contribution in [1.82, 2.24) is 14.8 Å². The summed E-state index contributed by atoms with van der Waals surface area (Å²) in [6, 6.07) is 29.1. The van der Waals surface area contributed by atoms with E-state index in [0.717, 1.165) is 32.6 Å². The molecule has 5 rings (SSSR count). The molecule has 0 spiro atoms. The Morgan fingerprint density at radius 2 is 1.47 bits per heavy atom. The molecule has 0 bridgehead atoms. The molecule has 0 amide bonds. The molecule has 164 valence electrons. The Morgan fingerprint density at radius 3 is 2.25 bits per heavy atom. The summed E-state index contributed by atoms with van der Waals surface area (Å²) in [6.07, 6.45) is 4.54. The van der Waals surface area contributed by atoms with E-state index in [1.54, 1.807) is 0 Å². The topological polar surface area (TPSA) is 22.3 Å². The van der Waals surface area contributed by atoms with Crippen molar-refractivity contribution in [2.75, 3.05) is 32.7 Å². The minimum Gasteiger partial charge on any atom is -0.361 e. The summed E-state index contributed by atoms with van der Waals surface area (Å²) < 4.78 is 0. The van der Waals surface area contributed by atoms with Gasteiger partial charge in [-0.1, -0.05) is 78.4 Å². The van der Waals surface area contributed by atoms with E-state index >= 15 is 0 Å². The number of nitrogens with one attached hydrogen (secondary N) is 1. The maximum Gasteiger partial charge on any atom is 0.0602 e. The smallest absolute Gasteiger partial charge is 0.0602 e. The van der Waals surface area contributed by atoms with Crippen LogP contribution in [0.2, 0.25) is 0 Å². The number of hydrogen-bond acceptors (Lipinski definition) is 2. The SMILES string of the molecule is Cc1ccc(C(c2ccccc2)N2CCN(CCCc3c[nH]c4ccccc34)CC2)cc1. The molecule has 1 aromatic heterocycles. The number of fused-ring (bicyclic) bond motifs is 1. The van der Waals surface area contributed by atoms with E-state index in [9.17, 15) is 0 Å². The molecule has 2 heterocycles. The van der Waals surface area contributed by atoms with Gasteiger partial charge in [-0.25, -0.2) is 0 Å². The van der Waals surface area contributed by atoms with Gasteiger partial charge in [0.25, 0.3) is 0 Å². The van der Waals surface area contributed by atoms with Crippen LogP contribution in [0, 0.1) is 6.92 Å². The van der Waals surface area contributed by atoms with Crippen LogP contribution in [-0.2, 0) is 6.42 Å². The van der Waals surface area contributed by atoms with Crippen LogP contribution in [0.5, 0.6) is 0 Å². The zero-order valence-corrected chi connectivity index (χ0v) is 19.0. The maximum absolute atomic E-state index is 3.41. The van der Waals surface area contributed by atoms with Gasteiger partial charge in [0, 0.05) is 43.3 Å². The van der Waals surface area contributed by atoms with Crippen LogP contribution in [0.3, 0.4) is 0 Å². The Bertz CT molecular complexity index is 1120. The Balaban J connectivity index is 1.20. The number of benzene rings is 3. The lowest BCUT2D eigenvalue weighted by atomic mass is 9.95. The summed E-state index contributed by atoms with van der Waals surface area (Å²) in [7, 11) is 0. The number of piperazine rings is 1. The quantitative estimate of drug-likeness (QED) is 0.405. The van der Waals surface area contributed by atoms with Crippen molar-refractivity contribution in [3.8, 4) is 0 Å². The predicted octanol–water partition coefficient (Wildman–Crippen LogP) is 5.82. The van der Waals surface area contributed by atoms with Crippen molar-refractivity contribution in [1.29, 1.82) is 0 Å². The molecule has 1 aliphatic heterocycles. The zero-order valence-electron chi connectivity index (χ0n) is 19.0. The van der Waals surface area contributed by atoms with Crippen LogP contribution in [0.1, 0.15) is 34.7 Å². The fourth-order valence-electron chi connectivity index (χ4n) is 5.07. The number of aromatic amines is 1. The van der Waals surface area contributed by atoms with Gasteiger partial charge in [0.1, 0.15) is 0 Å². The average molecular weight is 424 g/mol. The lowest BCUT2D eigenvalue weighted by molar-refractivity contribution is 0.109. The van der Waals surface area contributed by atoms with E-state index in [0.29, 0.717) is 6.04 Å². The van der Waals surface area contributed by atoms with Crippen LogP contribution in [0.25, 0.3) is 10.9 Å². The Morgan fingerprint density at radius 1 is 0.781 bits per heavy atom. The van der Waals surface area contributed by atoms with Gasteiger partial charge in [0.2, 0.25) is 0 Å². The van der Waals surface area contributed by atoms with Crippen molar-refractivity contribution in [3.63, 3.8) is 0 Å². The van der Waals surface area contributed by atoms with Crippen molar-refractivity contribution >= 4 is 10.9 Å². The molecular weight excluding hydrogens is 390 g/mol. The molecule has 4 aromatic rings. The third-order valence-corrected chi connectivity index (χ3v) is 6.88.